The molecular weight excluding hydrogens is 324 g/mol. The molecule has 1 aliphatic heterocycles. The molecule has 1 aliphatic carbocycles. The maximum atomic E-state index is 12.8. The SMILES string of the molecule is Cc1ncsc1C(=O)N1CCCC1Cn1nc2c(cc1=O)CCC2. The lowest BCUT2D eigenvalue weighted by atomic mass is 10.2. The molecule has 3 heterocycles. The summed E-state index contributed by atoms with van der Waals surface area (Å²) < 4.78 is 1.56. The van der Waals surface area contributed by atoms with E-state index in [0.29, 0.717) is 11.4 Å². The summed E-state index contributed by atoms with van der Waals surface area (Å²) in [6, 6.07) is 1.76. The summed E-state index contributed by atoms with van der Waals surface area (Å²) in [6.45, 7) is 3.08. The molecule has 7 heteroatoms. The van der Waals surface area contributed by atoms with Gasteiger partial charge in [0.05, 0.1) is 29.5 Å². The number of aryl methyl sites for hydroxylation is 3. The predicted octanol–water partition coefficient (Wildman–Crippen LogP) is 1.80. The van der Waals surface area contributed by atoms with Gasteiger partial charge in [0.1, 0.15) is 4.88 Å². The first-order chi connectivity index (χ1) is 11.6. The number of carbonyl (C=O) groups excluding carboxylic acids is 1. The van der Waals surface area contributed by atoms with Crippen LogP contribution in [0.3, 0.4) is 0 Å². The van der Waals surface area contributed by atoms with Gasteiger partial charge in [-0.05, 0) is 44.6 Å². The summed E-state index contributed by atoms with van der Waals surface area (Å²) in [7, 11) is 0. The van der Waals surface area contributed by atoms with E-state index in [9.17, 15) is 9.59 Å². The predicted molar refractivity (Wildman–Crippen MR) is 91.4 cm³/mol. The van der Waals surface area contributed by atoms with Gasteiger partial charge < -0.3 is 4.90 Å². The molecule has 0 spiro atoms. The van der Waals surface area contributed by atoms with Crippen molar-refractivity contribution in [2.45, 2.75) is 51.6 Å². The first-order valence-electron chi connectivity index (χ1n) is 8.44. The van der Waals surface area contributed by atoms with Crippen LogP contribution in [0.2, 0.25) is 0 Å². The monoisotopic (exact) mass is 344 g/mol. The van der Waals surface area contributed by atoms with Crippen molar-refractivity contribution < 1.29 is 4.79 Å². The smallest absolute Gasteiger partial charge is 0.267 e. The van der Waals surface area contributed by atoms with E-state index in [4.69, 9.17) is 0 Å². The average Bonchev–Trinajstić information content (AvgIpc) is 3.28. The molecule has 1 saturated heterocycles. The number of fused-ring (bicyclic) bond motifs is 1. The van der Waals surface area contributed by atoms with Crippen molar-refractivity contribution in [3.8, 4) is 0 Å². The van der Waals surface area contributed by atoms with E-state index in [2.05, 4.69) is 10.1 Å². The standard InChI is InChI=1S/C17H20N4O2S/c1-11-16(24-10-18-11)17(23)20-7-3-5-13(20)9-21-15(22)8-12-4-2-6-14(12)19-21/h8,10,13H,2-7,9H2,1H3. The fourth-order valence-corrected chi connectivity index (χ4v) is 4.46. The Kier molecular flexibility index (Phi) is 3.96. The highest BCUT2D eigenvalue weighted by Crippen LogP contribution is 2.24. The molecule has 0 aromatic carbocycles. The molecule has 24 heavy (non-hydrogen) atoms. The van der Waals surface area contributed by atoms with Gasteiger partial charge in [-0.3, -0.25) is 9.59 Å². The van der Waals surface area contributed by atoms with Gasteiger partial charge in [-0.2, -0.15) is 5.10 Å². The van der Waals surface area contributed by atoms with Crippen LogP contribution in [0, 0.1) is 6.92 Å². The second-order valence-corrected chi connectivity index (χ2v) is 7.41. The molecule has 2 aliphatic rings. The molecule has 0 radical (unpaired) electrons. The third kappa shape index (κ3) is 2.66. The molecule has 1 fully saturated rings. The first kappa shape index (κ1) is 15.5. The molecular formula is C17H20N4O2S. The summed E-state index contributed by atoms with van der Waals surface area (Å²) in [5.74, 6) is 0.0340. The van der Waals surface area contributed by atoms with Gasteiger partial charge in [0.25, 0.3) is 11.5 Å². The number of thiazole rings is 1. The van der Waals surface area contributed by atoms with Crippen LogP contribution >= 0.6 is 11.3 Å². The minimum Gasteiger partial charge on any atom is -0.333 e. The van der Waals surface area contributed by atoms with Gasteiger partial charge in [-0.1, -0.05) is 0 Å². The summed E-state index contributed by atoms with van der Waals surface area (Å²) in [5.41, 5.74) is 4.58. The molecule has 2 aromatic rings. The highest BCUT2D eigenvalue weighted by Gasteiger charge is 2.32. The minimum atomic E-state index is -0.0519. The molecule has 2 aromatic heterocycles. The van der Waals surface area contributed by atoms with Gasteiger partial charge in [0, 0.05) is 12.6 Å². The number of amides is 1. The molecule has 0 saturated carbocycles. The number of rotatable bonds is 3. The fourth-order valence-electron chi connectivity index (χ4n) is 3.70. The van der Waals surface area contributed by atoms with E-state index in [-0.39, 0.29) is 17.5 Å². The first-order valence-corrected chi connectivity index (χ1v) is 9.32. The summed E-state index contributed by atoms with van der Waals surface area (Å²) >= 11 is 1.39. The molecule has 0 bridgehead atoms. The van der Waals surface area contributed by atoms with Crippen molar-refractivity contribution in [2.75, 3.05) is 6.54 Å². The number of hydrogen-bond acceptors (Lipinski definition) is 5. The van der Waals surface area contributed by atoms with Crippen molar-refractivity contribution in [1.29, 1.82) is 0 Å². The fraction of sp³-hybridized carbons (Fsp3) is 0.529. The van der Waals surface area contributed by atoms with E-state index in [1.807, 2.05) is 11.8 Å². The Balaban J connectivity index is 1.57. The minimum absolute atomic E-state index is 0.0312. The zero-order valence-corrected chi connectivity index (χ0v) is 14.5. The van der Waals surface area contributed by atoms with Gasteiger partial charge >= 0.3 is 0 Å². The zero-order chi connectivity index (χ0) is 16.7. The number of hydrogen-bond donors (Lipinski definition) is 0. The quantitative estimate of drug-likeness (QED) is 0.851. The van der Waals surface area contributed by atoms with Crippen LogP contribution in [0.1, 0.15) is 45.9 Å². The van der Waals surface area contributed by atoms with Gasteiger partial charge in [0.15, 0.2) is 0 Å². The largest absolute Gasteiger partial charge is 0.333 e. The van der Waals surface area contributed by atoms with Crippen LogP contribution in [-0.2, 0) is 19.4 Å². The van der Waals surface area contributed by atoms with E-state index in [1.165, 1.54) is 11.3 Å². The Labute approximate surface area is 144 Å². The Morgan fingerprint density at radius 3 is 3.04 bits per heavy atom. The van der Waals surface area contributed by atoms with Crippen molar-refractivity contribution in [2.24, 2.45) is 0 Å². The number of aromatic nitrogens is 3. The normalized spacial score (nSPS) is 19.7. The lowest BCUT2D eigenvalue weighted by molar-refractivity contribution is 0.0724. The molecule has 6 nitrogen and oxygen atoms in total. The zero-order valence-electron chi connectivity index (χ0n) is 13.7. The van der Waals surface area contributed by atoms with E-state index in [1.54, 1.807) is 16.3 Å². The molecule has 0 N–H and O–H groups in total. The number of likely N-dealkylation sites (tertiary alicyclic amines) is 1. The topological polar surface area (TPSA) is 68.1 Å². The van der Waals surface area contributed by atoms with E-state index in [0.717, 1.165) is 55.6 Å². The van der Waals surface area contributed by atoms with E-state index >= 15 is 0 Å². The Hall–Kier alpha value is -2.02. The van der Waals surface area contributed by atoms with Crippen molar-refractivity contribution in [1.82, 2.24) is 19.7 Å². The second kappa shape index (κ2) is 6.12. The van der Waals surface area contributed by atoms with Gasteiger partial charge in [0.2, 0.25) is 0 Å². The van der Waals surface area contributed by atoms with Crippen LogP contribution in [0.15, 0.2) is 16.4 Å². The van der Waals surface area contributed by atoms with Gasteiger partial charge in [-0.25, -0.2) is 9.67 Å². The molecule has 126 valence electrons. The summed E-state index contributed by atoms with van der Waals surface area (Å²) in [5, 5.41) is 4.55. The van der Waals surface area contributed by atoms with Crippen LogP contribution < -0.4 is 5.56 Å². The third-order valence-corrected chi connectivity index (χ3v) is 5.90. The maximum Gasteiger partial charge on any atom is 0.267 e. The molecule has 1 amide bonds. The second-order valence-electron chi connectivity index (χ2n) is 6.55. The van der Waals surface area contributed by atoms with Gasteiger partial charge in [-0.15, -0.1) is 11.3 Å². The molecule has 4 rings (SSSR count). The maximum absolute atomic E-state index is 12.8. The van der Waals surface area contributed by atoms with Crippen LogP contribution in [0.4, 0.5) is 0 Å². The van der Waals surface area contributed by atoms with Crippen molar-refractivity contribution in [3.63, 3.8) is 0 Å². The Morgan fingerprint density at radius 2 is 2.25 bits per heavy atom. The Morgan fingerprint density at radius 1 is 1.38 bits per heavy atom. The highest BCUT2D eigenvalue weighted by atomic mass is 32.1. The summed E-state index contributed by atoms with van der Waals surface area (Å²) in [6.07, 6.45) is 4.85. The lowest BCUT2D eigenvalue weighted by Crippen LogP contribution is -2.40. The third-order valence-electron chi connectivity index (χ3n) is 4.99. The molecule has 1 atom stereocenters. The number of carbonyl (C=O) groups is 1. The van der Waals surface area contributed by atoms with E-state index < -0.39 is 0 Å². The van der Waals surface area contributed by atoms with Crippen LogP contribution in [0.25, 0.3) is 0 Å². The Bertz CT molecular complexity index is 841. The van der Waals surface area contributed by atoms with Crippen LogP contribution in [-0.4, -0.2) is 38.2 Å². The van der Waals surface area contributed by atoms with Crippen molar-refractivity contribution >= 4 is 17.2 Å². The highest BCUT2D eigenvalue weighted by molar-refractivity contribution is 7.11. The molecule has 1 unspecified atom stereocenters. The number of nitrogens with zero attached hydrogens (tertiary/aromatic N) is 4. The average molecular weight is 344 g/mol. The van der Waals surface area contributed by atoms with Crippen LogP contribution in [0.5, 0.6) is 0 Å². The van der Waals surface area contributed by atoms with Crippen molar-refractivity contribution in [3.05, 3.63) is 43.8 Å². The lowest BCUT2D eigenvalue weighted by Gasteiger charge is -2.24. The summed E-state index contributed by atoms with van der Waals surface area (Å²) in [4.78, 5) is 31.9.